The quantitative estimate of drug-likeness (QED) is 0.893. The molecule has 0 radical (unpaired) electrons. The highest BCUT2D eigenvalue weighted by atomic mass is 16.4. The van der Waals surface area contributed by atoms with Gasteiger partial charge in [0.1, 0.15) is 0 Å². The molecule has 0 aromatic heterocycles. The summed E-state index contributed by atoms with van der Waals surface area (Å²) in [4.78, 5) is 25.3. The number of carbonyl (C=O) groups is 2. The van der Waals surface area contributed by atoms with Crippen LogP contribution in [0, 0.1) is 17.8 Å². The zero-order valence-corrected chi connectivity index (χ0v) is 14.4. The van der Waals surface area contributed by atoms with E-state index in [4.69, 9.17) is 0 Å². The second kappa shape index (κ2) is 5.70. The molecule has 2 aromatic rings. The van der Waals surface area contributed by atoms with E-state index in [1.807, 2.05) is 36.4 Å². The number of carboxylic acids is 1. The van der Waals surface area contributed by atoms with Gasteiger partial charge in [0.05, 0.1) is 11.8 Å². The molecule has 2 atom stereocenters. The Hall–Kier alpha value is -2.62. The third-order valence-electron chi connectivity index (χ3n) is 6.29. The van der Waals surface area contributed by atoms with Crippen molar-refractivity contribution in [1.29, 1.82) is 0 Å². The summed E-state index contributed by atoms with van der Waals surface area (Å²) in [5.41, 5.74) is 4.35. The Morgan fingerprint density at radius 1 is 0.846 bits per heavy atom. The molecule has 4 heteroatoms. The molecule has 1 fully saturated rings. The molecule has 2 bridgehead atoms. The molecule has 2 N–H and O–H groups in total. The number of fused-ring (bicyclic) bond motifs is 1. The Kier molecular flexibility index (Phi) is 3.42. The topological polar surface area (TPSA) is 66.4 Å². The maximum Gasteiger partial charge on any atom is 0.308 e. The van der Waals surface area contributed by atoms with Crippen LogP contribution in [-0.2, 0) is 9.59 Å². The highest BCUT2D eigenvalue weighted by Crippen LogP contribution is 2.58. The Morgan fingerprint density at radius 3 is 1.73 bits per heavy atom. The molecule has 4 aliphatic carbocycles. The van der Waals surface area contributed by atoms with Gasteiger partial charge in [-0.3, -0.25) is 9.59 Å². The molecule has 1 amide bonds. The predicted molar refractivity (Wildman–Crippen MR) is 96.9 cm³/mol. The number of benzene rings is 2. The van der Waals surface area contributed by atoms with Crippen LogP contribution in [-0.4, -0.2) is 23.5 Å². The molecule has 0 spiro atoms. The SMILES string of the molecule is O=C(O)[C@H]1C2c3ccccc3C(c3ccccc32)[C@@H]1C(=O)NCC1CC1. The lowest BCUT2D eigenvalue weighted by atomic mass is 9.54. The van der Waals surface area contributed by atoms with Crippen LogP contribution in [0.15, 0.2) is 48.5 Å². The fourth-order valence-corrected chi connectivity index (χ4v) is 4.97. The molecule has 132 valence electrons. The smallest absolute Gasteiger partial charge is 0.308 e. The van der Waals surface area contributed by atoms with E-state index in [2.05, 4.69) is 17.4 Å². The van der Waals surface area contributed by atoms with E-state index >= 15 is 0 Å². The maximum absolute atomic E-state index is 13.1. The zero-order valence-electron chi connectivity index (χ0n) is 14.4. The third-order valence-corrected chi connectivity index (χ3v) is 6.29. The summed E-state index contributed by atoms with van der Waals surface area (Å²) in [7, 11) is 0. The van der Waals surface area contributed by atoms with Crippen molar-refractivity contribution in [2.75, 3.05) is 6.54 Å². The largest absolute Gasteiger partial charge is 0.481 e. The number of nitrogens with one attached hydrogen (secondary N) is 1. The summed E-state index contributed by atoms with van der Waals surface area (Å²) in [6.07, 6.45) is 2.32. The second-order valence-corrected chi connectivity index (χ2v) is 7.79. The van der Waals surface area contributed by atoms with Gasteiger partial charge in [0, 0.05) is 18.4 Å². The van der Waals surface area contributed by atoms with E-state index in [-0.39, 0.29) is 17.7 Å². The standard InChI is InChI=1S/C22H21NO3/c24-21(23-11-12-9-10-12)19-17-13-5-1-3-7-15(13)18(20(19)22(25)26)16-8-4-2-6-14(16)17/h1-8,12,17-20H,9-11H2,(H,23,24)(H,25,26)/t17?,18?,19-,20-/m0/s1. The molecule has 0 unspecified atom stereocenters. The summed E-state index contributed by atoms with van der Waals surface area (Å²) >= 11 is 0. The monoisotopic (exact) mass is 347 g/mol. The first-order valence-corrected chi connectivity index (χ1v) is 9.35. The van der Waals surface area contributed by atoms with Crippen molar-refractivity contribution < 1.29 is 14.7 Å². The molecule has 0 heterocycles. The van der Waals surface area contributed by atoms with E-state index in [1.165, 1.54) is 0 Å². The van der Waals surface area contributed by atoms with Gasteiger partial charge < -0.3 is 10.4 Å². The molecule has 4 aliphatic rings. The number of aliphatic carboxylic acids is 1. The van der Waals surface area contributed by atoms with Crippen molar-refractivity contribution >= 4 is 11.9 Å². The van der Waals surface area contributed by atoms with Crippen molar-refractivity contribution in [1.82, 2.24) is 5.32 Å². The molecule has 26 heavy (non-hydrogen) atoms. The second-order valence-electron chi connectivity index (χ2n) is 7.79. The summed E-state index contributed by atoms with van der Waals surface area (Å²) in [6.45, 7) is 0.669. The summed E-state index contributed by atoms with van der Waals surface area (Å²) < 4.78 is 0. The summed E-state index contributed by atoms with van der Waals surface area (Å²) in [5, 5.41) is 13.1. The van der Waals surface area contributed by atoms with E-state index in [9.17, 15) is 14.7 Å². The first-order chi connectivity index (χ1) is 12.7. The Bertz CT molecular complexity index is 854. The minimum atomic E-state index is -0.879. The van der Waals surface area contributed by atoms with Crippen LogP contribution >= 0.6 is 0 Å². The van der Waals surface area contributed by atoms with Crippen LogP contribution in [0.3, 0.4) is 0 Å². The van der Waals surface area contributed by atoms with Crippen LogP contribution < -0.4 is 5.32 Å². The highest BCUT2D eigenvalue weighted by Gasteiger charge is 2.55. The van der Waals surface area contributed by atoms with Crippen molar-refractivity contribution in [2.45, 2.75) is 24.7 Å². The molecular formula is C22H21NO3. The van der Waals surface area contributed by atoms with Crippen LogP contribution in [0.5, 0.6) is 0 Å². The Morgan fingerprint density at radius 2 is 1.31 bits per heavy atom. The molecular weight excluding hydrogens is 326 g/mol. The van der Waals surface area contributed by atoms with Crippen molar-refractivity contribution in [2.24, 2.45) is 17.8 Å². The van der Waals surface area contributed by atoms with Gasteiger partial charge in [-0.25, -0.2) is 0 Å². The van der Waals surface area contributed by atoms with Crippen molar-refractivity contribution in [3.05, 3.63) is 70.8 Å². The number of hydrogen-bond acceptors (Lipinski definition) is 2. The predicted octanol–water partition coefficient (Wildman–Crippen LogP) is 3.12. The minimum absolute atomic E-state index is 0.108. The van der Waals surface area contributed by atoms with E-state index in [0.717, 1.165) is 35.1 Å². The Labute approximate surface area is 152 Å². The number of carbonyl (C=O) groups excluding carboxylic acids is 1. The normalized spacial score (nSPS) is 28.2. The van der Waals surface area contributed by atoms with E-state index < -0.39 is 17.8 Å². The lowest BCUT2D eigenvalue weighted by Crippen LogP contribution is -2.50. The van der Waals surface area contributed by atoms with Crippen LogP contribution in [0.2, 0.25) is 0 Å². The van der Waals surface area contributed by atoms with E-state index in [0.29, 0.717) is 12.5 Å². The number of hydrogen-bond donors (Lipinski definition) is 2. The fourth-order valence-electron chi connectivity index (χ4n) is 4.97. The van der Waals surface area contributed by atoms with Crippen molar-refractivity contribution in [3.63, 3.8) is 0 Å². The lowest BCUT2D eigenvalue weighted by molar-refractivity contribution is -0.149. The first kappa shape index (κ1) is 15.6. The average molecular weight is 347 g/mol. The third kappa shape index (κ3) is 2.21. The van der Waals surface area contributed by atoms with Gasteiger partial charge in [0.25, 0.3) is 0 Å². The lowest BCUT2D eigenvalue weighted by Gasteiger charge is -2.48. The number of rotatable bonds is 4. The first-order valence-electron chi connectivity index (χ1n) is 9.35. The number of carboxylic acid groups (broad SMARTS) is 1. The molecule has 0 saturated heterocycles. The molecule has 6 rings (SSSR count). The van der Waals surface area contributed by atoms with E-state index in [1.54, 1.807) is 0 Å². The van der Waals surface area contributed by atoms with Gasteiger partial charge in [-0.05, 0) is 41.0 Å². The molecule has 2 aromatic carbocycles. The van der Waals surface area contributed by atoms with Gasteiger partial charge in [-0.15, -0.1) is 0 Å². The van der Waals surface area contributed by atoms with Gasteiger partial charge in [-0.1, -0.05) is 48.5 Å². The van der Waals surface area contributed by atoms with Gasteiger partial charge in [-0.2, -0.15) is 0 Å². The van der Waals surface area contributed by atoms with Gasteiger partial charge in [0.15, 0.2) is 0 Å². The maximum atomic E-state index is 13.1. The van der Waals surface area contributed by atoms with Crippen LogP contribution in [0.4, 0.5) is 0 Å². The minimum Gasteiger partial charge on any atom is -0.481 e. The Balaban J connectivity index is 1.65. The highest BCUT2D eigenvalue weighted by molar-refractivity contribution is 5.89. The average Bonchev–Trinajstić information content (AvgIpc) is 3.50. The molecule has 0 aliphatic heterocycles. The number of amides is 1. The zero-order chi connectivity index (χ0) is 17.8. The van der Waals surface area contributed by atoms with Crippen LogP contribution in [0.1, 0.15) is 46.9 Å². The summed E-state index contributed by atoms with van der Waals surface area (Å²) in [5.74, 6) is -2.14. The molecule has 1 saturated carbocycles. The summed E-state index contributed by atoms with van der Waals surface area (Å²) in [6, 6.07) is 16.1. The van der Waals surface area contributed by atoms with Crippen LogP contribution in [0.25, 0.3) is 0 Å². The van der Waals surface area contributed by atoms with Gasteiger partial charge in [0.2, 0.25) is 5.91 Å². The van der Waals surface area contributed by atoms with Gasteiger partial charge >= 0.3 is 5.97 Å². The molecule has 4 nitrogen and oxygen atoms in total. The van der Waals surface area contributed by atoms with Crippen molar-refractivity contribution in [3.8, 4) is 0 Å². The fraction of sp³-hybridized carbons (Fsp3) is 0.364.